The molecule has 0 aliphatic heterocycles. The summed E-state index contributed by atoms with van der Waals surface area (Å²) in [5, 5.41) is 12.8. The molecule has 0 aliphatic carbocycles. The molecule has 0 unspecified atom stereocenters. The maximum atomic E-state index is 13.4. The van der Waals surface area contributed by atoms with Gasteiger partial charge in [-0.15, -0.1) is 0 Å². The van der Waals surface area contributed by atoms with Gasteiger partial charge in [0.15, 0.2) is 0 Å². The highest BCUT2D eigenvalue weighted by molar-refractivity contribution is 5.81. The predicted molar refractivity (Wildman–Crippen MR) is 131 cm³/mol. The molecule has 0 aliphatic rings. The molecule has 2 aromatic carbocycles. The van der Waals surface area contributed by atoms with Gasteiger partial charge < -0.3 is 10.4 Å². The lowest BCUT2D eigenvalue weighted by Gasteiger charge is -2.15. The summed E-state index contributed by atoms with van der Waals surface area (Å²) in [5.41, 5.74) is 3.07. The Labute approximate surface area is 205 Å². The van der Waals surface area contributed by atoms with Crippen LogP contribution in [0, 0.1) is 0 Å². The highest BCUT2D eigenvalue weighted by Crippen LogP contribution is 2.36. The minimum atomic E-state index is -4.49. The Morgan fingerprint density at radius 3 is 2.53 bits per heavy atom. The molecule has 0 saturated carbocycles. The van der Waals surface area contributed by atoms with E-state index in [9.17, 15) is 18.3 Å². The zero-order valence-corrected chi connectivity index (χ0v) is 19.2. The molecular formula is C27H22F3N5O. The molecule has 36 heavy (non-hydrogen) atoms. The predicted octanol–water partition coefficient (Wildman–Crippen LogP) is 6.14. The number of aliphatic hydroxyl groups excluding tert-OH is 1. The average Bonchev–Trinajstić information content (AvgIpc) is 3.27. The van der Waals surface area contributed by atoms with E-state index in [-0.39, 0.29) is 12.6 Å². The summed E-state index contributed by atoms with van der Waals surface area (Å²) in [5.74, 6) is 0.376. The molecular weight excluding hydrogens is 467 g/mol. The second kappa shape index (κ2) is 9.43. The number of fused-ring (bicyclic) bond motifs is 1. The van der Waals surface area contributed by atoms with Crippen molar-refractivity contribution in [3.8, 4) is 22.6 Å². The second-order valence-corrected chi connectivity index (χ2v) is 8.35. The van der Waals surface area contributed by atoms with E-state index in [0.717, 1.165) is 17.7 Å². The Bertz CT molecular complexity index is 1520. The van der Waals surface area contributed by atoms with Crippen LogP contribution in [0.3, 0.4) is 0 Å². The number of nitrogens with zero attached hydrogens (tertiary/aromatic N) is 4. The first-order valence-corrected chi connectivity index (χ1v) is 11.3. The Balaban J connectivity index is 1.63. The highest BCUT2D eigenvalue weighted by atomic mass is 19.4. The van der Waals surface area contributed by atoms with Crippen LogP contribution in [0.4, 0.5) is 19.1 Å². The van der Waals surface area contributed by atoms with Crippen LogP contribution in [0.25, 0.3) is 28.3 Å². The van der Waals surface area contributed by atoms with Gasteiger partial charge in [0.2, 0.25) is 5.95 Å². The van der Waals surface area contributed by atoms with Crippen molar-refractivity contribution in [3.63, 3.8) is 0 Å². The summed E-state index contributed by atoms with van der Waals surface area (Å²) in [6, 6.07) is 19.9. The number of rotatable bonds is 6. The van der Waals surface area contributed by atoms with Gasteiger partial charge in [-0.3, -0.25) is 4.40 Å². The van der Waals surface area contributed by atoms with E-state index in [1.54, 1.807) is 41.1 Å². The lowest BCUT2D eigenvalue weighted by molar-refractivity contribution is -0.137. The molecule has 9 heteroatoms. The molecule has 1 atom stereocenters. The first-order chi connectivity index (χ1) is 17.3. The summed E-state index contributed by atoms with van der Waals surface area (Å²) >= 11 is 0. The number of aromatic nitrogens is 4. The van der Waals surface area contributed by atoms with Crippen LogP contribution >= 0.6 is 0 Å². The van der Waals surface area contributed by atoms with Crippen LogP contribution in [0.2, 0.25) is 0 Å². The van der Waals surface area contributed by atoms with Crippen molar-refractivity contribution in [1.82, 2.24) is 19.4 Å². The van der Waals surface area contributed by atoms with Crippen molar-refractivity contribution >= 4 is 11.6 Å². The lowest BCUT2D eigenvalue weighted by Crippen LogP contribution is -2.09. The number of benzene rings is 2. The summed E-state index contributed by atoms with van der Waals surface area (Å²) in [4.78, 5) is 13.6. The second-order valence-electron chi connectivity index (χ2n) is 8.35. The Morgan fingerprint density at radius 1 is 0.972 bits per heavy atom. The van der Waals surface area contributed by atoms with E-state index in [2.05, 4.69) is 20.3 Å². The quantitative estimate of drug-likeness (QED) is 0.300. The number of anilines is 1. The topological polar surface area (TPSA) is 75.3 Å². The fraction of sp³-hybridized carbons (Fsp3) is 0.148. The third kappa shape index (κ3) is 4.65. The van der Waals surface area contributed by atoms with E-state index >= 15 is 0 Å². The monoisotopic (exact) mass is 489 g/mol. The van der Waals surface area contributed by atoms with Crippen LogP contribution in [0.15, 0.2) is 85.2 Å². The van der Waals surface area contributed by atoms with Gasteiger partial charge in [-0.2, -0.15) is 13.2 Å². The number of hydrogen-bond acceptors (Lipinski definition) is 5. The summed E-state index contributed by atoms with van der Waals surface area (Å²) in [6.45, 7) is 1.81. The Kier molecular flexibility index (Phi) is 6.15. The molecule has 5 rings (SSSR count). The Hall–Kier alpha value is -4.24. The summed E-state index contributed by atoms with van der Waals surface area (Å²) in [7, 11) is 0. The molecule has 0 radical (unpaired) electrons. The number of hydrogen-bond donors (Lipinski definition) is 2. The zero-order valence-electron chi connectivity index (χ0n) is 19.2. The molecule has 0 spiro atoms. The fourth-order valence-electron chi connectivity index (χ4n) is 4.05. The van der Waals surface area contributed by atoms with Gasteiger partial charge in [0.25, 0.3) is 0 Å². The lowest BCUT2D eigenvalue weighted by atomic mass is 10.0. The van der Waals surface area contributed by atoms with Gasteiger partial charge in [-0.1, -0.05) is 42.5 Å². The van der Waals surface area contributed by atoms with Crippen LogP contribution in [-0.4, -0.2) is 24.5 Å². The number of imidazole rings is 1. The maximum absolute atomic E-state index is 13.4. The van der Waals surface area contributed by atoms with Crippen LogP contribution in [0.5, 0.6) is 0 Å². The van der Waals surface area contributed by atoms with Crippen LogP contribution < -0.4 is 5.32 Å². The number of alkyl halides is 3. The van der Waals surface area contributed by atoms with E-state index in [4.69, 9.17) is 0 Å². The third-order valence-corrected chi connectivity index (χ3v) is 5.88. The van der Waals surface area contributed by atoms with Crippen molar-refractivity contribution in [1.29, 1.82) is 0 Å². The van der Waals surface area contributed by atoms with Crippen LogP contribution in [0.1, 0.15) is 29.7 Å². The first kappa shape index (κ1) is 23.5. The molecule has 2 N–H and O–H groups in total. The normalized spacial score (nSPS) is 12.6. The van der Waals surface area contributed by atoms with Gasteiger partial charge in [0.05, 0.1) is 35.3 Å². The van der Waals surface area contributed by atoms with E-state index in [1.807, 2.05) is 37.3 Å². The molecule has 0 fully saturated rings. The molecule has 3 heterocycles. The van der Waals surface area contributed by atoms with Gasteiger partial charge >= 0.3 is 6.18 Å². The molecule has 0 amide bonds. The number of halogens is 3. The van der Waals surface area contributed by atoms with Crippen molar-refractivity contribution in [2.45, 2.75) is 25.7 Å². The SMILES string of the molecule is C[C@H](Nc1nccc(-c2c(-c3cccc(C(F)(F)F)c3)nc3cc(CO)ccn23)n1)c1ccccc1. The maximum Gasteiger partial charge on any atom is 0.416 e. The third-order valence-electron chi connectivity index (χ3n) is 5.88. The largest absolute Gasteiger partial charge is 0.416 e. The molecule has 6 nitrogen and oxygen atoms in total. The van der Waals surface area contributed by atoms with Crippen molar-refractivity contribution in [2.75, 3.05) is 5.32 Å². The van der Waals surface area contributed by atoms with Gasteiger partial charge in [0, 0.05) is 18.0 Å². The standard InChI is InChI=1S/C27H22F3N5O/c1-17(19-6-3-2-4-7-19)32-26-31-12-10-22(33-26)25-24(20-8-5-9-21(15-20)27(28,29)30)34-23-14-18(16-36)11-13-35(23)25/h2-15,17,36H,16H2,1H3,(H,31,32,33)/t17-/m0/s1. The van der Waals surface area contributed by atoms with Gasteiger partial charge in [0.1, 0.15) is 5.65 Å². The van der Waals surface area contributed by atoms with E-state index in [1.165, 1.54) is 6.07 Å². The van der Waals surface area contributed by atoms with E-state index in [0.29, 0.717) is 39.8 Å². The van der Waals surface area contributed by atoms with Gasteiger partial charge in [-0.05, 0) is 48.4 Å². The van der Waals surface area contributed by atoms with Crippen molar-refractivity contribution in [2.24, 2.45) is 0 Å². The number of aliphatic hydroxyl groups is 1. The van der Waals surface area contributed by atoms with Crippen LogP contribution in [-0.2, 0) is 12.8 Å². The average molecular weight is 490 g/mol. The molecule has 3 aromatic heterocycles. The first-order valence-electron chi connectivity index (χ1n) is 11.3. The van der Waals surface area contributed by atoms with Crippen molar-refractivity contribution < 1.29 is 18.3 Å². The highest BCUT2D eigenvalue weighted by Gasteiger charge is 2.31. The van der Waals surface area contributed by atoms with E-state index < -0.39 is 11.7 Å². The smallest absolute Gasteiger partial charge is 0.392 e. The molecule has 0 saturated heterocycles. The Morgan fingerprint density at radius 2 is 1.78 bits per heavy atom. The zero-order chi connectivity index (χ0) is 25.3. The summed E-state index contributed by atoms with van der Waals surface area (Å²) in [6.07, 6.45) is -1.17. The minimum absolute atomic E-state index is 0.0707. The summed E-state index contributed by atoms with van der Waals surface area (Å²) < 4.78 is 42.1. The number of pyridine rings is 1. The minimum Gasteiger partial charge on any atom is -0.392 e. The molecule has 5 aromatic rings. The van der Waals surface area contributed by atoms with Crippen molar-refractivity contribution in [3.05, 3.63) is 102 Å². The molecule has 182 valence electrons. The fourth-order valence-corrected chi connectivity index (χ4v) is 4.05. The number of nitrogens with one attached hydrogen (secondary N) is 1. The molecule has 0 bridgehead atoms. The van der Waals surface area contributed by atoms with Gasteiger partial charge in [-0.25, -0.2) is 15.0 Å².